The quantitative estimate of drug-likeness (QED) is 0.514. The van der Waals surface area contributed by atoms with E-state index in [2.05, 4.69) is 6.58 Å². The molecule has 0 aromatic carbocycles. The average molecular weight is 114 g/mol. The Balaban J connectivity index is 2.97. The number of hydrogen-bond donors (Lipinski definition) is 2. The highest BCUT2D eigenvalue weighted by molar-refractivity contribution is 4.71. The summed E-state index contributed by atoms with van der Waals surface area (Å²) < 4.78 is 0. The van der Waals surface area contributed by atoms with Crippen molar-refractivity contribution in [3.8, 4) is 0 Å². The van der Waals surface area contributed by atoms with Gasteiger partial charge in [0.15, 0.2) is 0 Å². The van der Waals surface area contributed by atoms with Gasteiger partial charge in [-0.1, -0.05) is 6.08 Å². The highest BCUT2D eigenvalue weighted by Gasteiger charge is 1.94. The van der Waals surface area contributed by atoms with Gasteiger partial charge >= 0.3 is 0 Å². The summed E-state index contributed by atoms with van der Waals surface area (Å²) in [7, 11) is 0. The first kappa shape index (κ1) is 7.66. The van der Waals surface area contributed by atoms with E-state index in [0.29, 0.717) is 6.54 Å². The van der Waals surface area contributed by atoms with Gasteiger partial charge in [0, 0.05) is 12.6 Å². The molecule has 0 saturated carbocycles. The lowest BCUT2D eigenvalue weighted by molar-refractivity contribution is 0.630. The number of nitrogens with two attached hydrogens (primary N) is 2. The van der Waals surface area contributed by atoms with E-state index in [4.69, 9.17) is 11.5 Å². The summed E-state index contributed by atoms with van der Waals surface area (Å²) in [5.41, 5.74) is 10.7. The van der Waals surface area contributed by atoms with Crippen LogP contribution < -0.4 is 11.5 Å². The van der Waals surface area contributed by atoms with Gasteiger partial charge in [-0.25, -0.2) is 0 Å². The zero-order chi connectivity index (χ0) is 6.41. The Morgan fingerprint density at radius 2 is 2.25 bits per heavy atom. The Hall–Kier alpha value is -0.340. The molecule has 8 heavy (non-hydrogen) atoms. The van der Waals surface area contributed by atoms with Crippen molar-refractivity contribution >= 4 is 0 Å². The predicted octanol–water partition coefficient (Wildman–Crippen LogP) is 0.239. The second-order valence-corrected chi connectivity index (χ2v) is 1.86. The molecule has 0 bridgehead atoms. The molecule has 0 rings (SSSR count). The Morgan fingerprint density at radius 3 is 2.62 bits per heavy atom. The van der Waals surface area contributed by atoms with Crippen molar-refractivity contribution in [3.63, 3.8) is 0 Å². The van der Waals surface area contributed by atoms with E-state index in [9.17, 15) is 0 Å². The maximum atomic E-state index is 5.49. The van der Waals surface area contributed by atoms with Gasteiger partial charge in [0.2, 0.25) is 0 Å². The van der Waals surface area contributed by atoms with Gasteiger partial charge in [0.05, 0.1) is 0 Å². The summed E-state index contributed by atoms with van der Waals surface area (Å²) in [6.45, 7) is 4.15. The summed E-state index contributed by atoms with van der Waals surface area (Å²) in [5, 5.41) is 0. The topological polar surface area (TPSA) is 52.0 Å². The van der Waals surface area contributed by atoms with E-state index in [1.54, 1.807) is 0 Å². The Bertz CT molecular complexity index is 61.5. The Labute approximate surface area is 50.6 Å². The molecule has 48 valence electrons. The third kappa shape index (κ3) is 3.84. The molecule has 0 amide bonds. The van der Waals surface area contributed by atoms with Crippen LogP contribution in [0, 0.1) is 0 Å². The van der Waals surface area contributed by atoms with Crippen LogP contribution in [0.15, 0.2) is 12.7 Å². The molecular formula is C6H14N2. The Kier molecular flexibility index (Phi) is 4.61. The zero-order valence-corrected chi connectivity index (χ0v) is 5.14. The standard InChI is InChI=1S/C6H14N2/c1-2-3-4-6(8)5-7/h2,6H,1,3-5,7-8H2/t6-/m1/s1. The fourth-order valence-corrected chi connectivity index (χ4v) is 0.450. The van der Waals surface area contributed by atoms with E-state index >= 15 is 0 Å². The van der Waals surface area contributed by atoms with Gasteiger partial charge in [-0.05, 0) is 12.8 Å². The highest BCUT2D eigenvalue weighted by Crippen LogP contribution is 1.91. The maximum Gasteiger partial charge on any atom is 0.0165 e. The van der Waals surface area contributed by atoms with Crippen molar-refractivity contribution in [2.45, 2.75) is 18.9 Å². The molecule has 0 aromatic heterocycles. The molecule has 2 nitrogen and oxygen atoms in total. The van der Waals surface area contributed by atoms with E-state index < -0.39 is 0 Å². The van der Waals surface area contributed by atoms with Crippen LogP contribution >= 0.6 is 0 Å². The van der Waals surface area contributed by atoms with E-state index in [-0.39, 0.29) is 6.04 Å². The molecule has 0 saturated heterocycles. The highest BCUT2D eigenvalue weighted by atomic mass is 14.7. The van der Waals surface area contributed by atoms with Crippen LogP contribution in [0.2, 0.25) is 0 Å². The van der Waals surface area contributed by atoms with E-state index in [1.165, 1.54) is 0 Å². The van der Waals surface area contributed by atoms with Crippen molar-refractivity contribution in [2.24, 2.45) is 11.5 Å². The first-order valence-corrected chi connectivity index (χ1v) is 2.87. The fourth-order valence-electron chi connectivity index (χ4n) is 0.450. The van der Waals surface area contributed by atoms with Crippen LogP contribution in [0.4, 0.5) is 0 Å². The maximum absolute atomic E-state index is 5.49. The molecule has 0 aromatic rings. The number of rotatable bonds is 4. The third-order valence-electron chi connectivity index (χ3n) is 1.04. The molecular weight excluding hydrogens is 100 g/mol. The second-order valence-electron chi connectivity index (χ2n) is 1.86. The summed E-state index contributed by atoms with van der Waals surface area (Å²) in [6, 6.07) is 0.160. The van der Waals surface area contributed by atoms with Crippen LogP contribution in [-0.2, 0) is 0 Å². The van der Waals surface area contributed by atoms with Gasteiger partial charge in [0.25, 0.3) is 0 Å². The van der Waals surface area contributed by atoms with Crippen molar-refractivity contribution in [3.05, 3.63) is 12.7 Å². The number of hydrogen-bond acceptors (Lipinski definition) is 2. The molecule has 0 aliphatic rings. The molecule has 0 spiro atoms. The summed E-state index contributed by atoms with van der Waals surface area (Å²) in [4.78, 5) is 0. The van der Waals surface area contributed by atoms with Crippen molar-refractivity contribution < 1.29 is 0 Å². The second kappa shape index (κ2) is 4.81. The summed E-state index contributed by atoms with van der Waals surface area (Å²) in [5.74, 6) is 0. The normalized spacial score (nSPS) is 13.2. The molecule has 0 fully saturated rings. The van der Waals surface area contributed by atoms with Crippen LogP contribution in [0.5, 0.6) is 0 Å². The lowest BCUT2D eigenvalue weighted by atomic mass is 10.2. The molecule has 0 aliphatic carbocycles. The molecule has 4 N–H and O–H groups in total. The fraction of sp³-hybridized carbons (Fsp3) is 0.667. The molecule has 0 heterocycles. The molecule has 0 aliphatic heterocycles. The minimum atomic E-state index is 0.160. The molecule has 1 atom stereocenters. The van der Waals surface area contributed by atoms with Crippen molar-refractivity contribution in [1.29, 1.82) is 0 Å². The SMILES string of the molecule is C=CCC[C@@H](N)CN. The summed E-state index contributed by atoms with van der Waals surface area (Å²) >= 11 is 0. The minimum Gasteiger partial charge on any atom is -0.329 e. The van der Waals surface area contributed by atoms with Gasteiger partial charge < -0.3 is 11.5 Å². The van der Waals surface area contributed by atoms with Crippen molar-refractivity contribution in [2.75, 3.05) is 6.54 Å². The Morgan fingerprint density at radius 1 is 1.62 bits per heavy atom. The molecule has 2 heteroatoms. The van der Waals surface area contributed by atoms with Crippen LogP contribution in [0.25, 0.3) is 0 Å². The first-order chi connectivity index (χ1) is 3.81. The smallest absolute Gasteiger partial charge is 0.0165 e. The number of allylic oxidation sites excluding steroid dienone is 1. The van der Waals surface area contributed by atoms with E-state index in [0.717, 1.165) is 12.8 Å². The summed E-state index contributed by atoms with van der Waals surface area (Å²) in [6.07, 6.45) is 3.79. The third-order valence-corrected chi connectivity index (χ3v) is 1.04. The van der Waals surface area contributed by atoms with Gasteiger partial charge in [-0.15, -0.1) is 6.58 Å². The van der Waals surface area contributed by atoms with E-state index in [1.807, 2.05) is 6.08 Å². The minimum absolute atomic E-state index is 0.160. The van der Waals surface area contributed by atoms with Gasteiger partial charge in [0.1, 0.15) is 0 Å². The molecule has 0 radical (unpaired) electrons. The lowest BCUT2D eigenvalue weighted by Gasteiger charge is -2.03. The van der Waals surface area contributed by atoms with Gasteiger partial charge in [-0.2, -0.15) is 0 Å². The van der Waals surface area contributed by atoms with Crippen molar-refractivity contribution in [1.82, 2.24) is 0 Å². The zero-order valence-electron chi connectivity index (χ0n) is 5.14. The van der Waals surface area contributed by atoms with Crippen LogP contribution in [0.1, 0.15) is 12.8 Å². The van der Waals surface area contributed by atoms with Crippen LogP contribution in [-0.4, -0.2) is 12.6 Å². The largest absolute Gasteiger partial charge is 0.329 e. The predicted molar refractivity (Wildman–Crippen MR) is 36.5 cm³/mol. The molecule has 0 unspecified atom stereocenters. The van der Waals surface area contributed by atoms with Crippen LogP contribution in [0.3, 0.4) is 0 Å². The van der Waals surface area contributed by atoms with Gasteiger partial charge in [-0.3, -0.25) is 0 Å². The lowest BCUT2D eigenvalue weighted by Crippen LogP contribution is -2.29. The first-order valence-electron chi connectivity index (χ1n) is 2.87. The monoisotopic (exact) mass is 114 g/mol. The average Bonchev–Trinajstić information content (AvgIpc) is 1.83.